The van der Waals surface area contributed by atoms with Gasteiger partial charge in [-0.2, -0.15) is 0 Å². The van der Waals surface area contributed by atoms with Crippen molar-refractivity contribution < 1.29 is 9.59 Å². The average molecular weight is 361 g/mol. The van der Waals surface area contributed by atoms with Crippen LogP contribution in [-0.2, 0) is 16.1 Å². The van der Waals surface area contributed by atoms with Crippen LogP contribution in [0.4, 0.5) is 5.69 Å². The van der Waals surface area contributed by atoms with E-state index in [9.17, 15) is 9.59 Å². The molecule has 0 spiro atoms. The summed E-state index contributed by atoms with van der Waals surface area (Å²) in [5.74, 6) is 1.37. The van der Waals surface area contributed by atoms with Gasteiger partial charge in [0.25, 0.3) is 0 Å². The number of nitrogens with one attached hydrogen (secondary N) is 1. The number of rotatable bonds is 3. The van der Waals surface area contributed by atoms with E-state index in [1.165, 1.54) is 5.56 Å². The summed E-state index contributed by atoms with van der Waals surface area (Å²) >= 11 is 0. The van der Waals surface area contributed by atoms with Gasteiger partial charge in [0.15, 0.2) is 0 Å². The molecule has 2 amide bonds. The number of nitrogens with zero attached hydrogens (tertiary/aromatic N) is 2. The third-order valence-electron chi connectivity index (χ3n) is 4.70. The summed E-state index contributed by atoms with van der Waals surface area (Å²) in [5, 5.41) is 2.65. The fraction of sp³-hybridized carbons (Fsp3) is 0.273. The minimum absolute atomic E-state index is 0.0299. The third kappa shape index (κ3) is 4.75. The summed E-state index contributed by atoms with van der Waals surface area (Å²) in [4.78, 5) is 28.9. The van der Waals surface area contributed by atoms with Gasteiger partial charge in [0, 0.05) is 43.5 Å². The monoisotopic (exact) mass is 361 g/mol. The van der Waals surface area contributed by atoms with Gasteiger partial charge in [-0.3, -0.25) is 14.5 Å². The van der Waals surface area contributed by atoms with Crippen molar-refractivity contribution in [2.45, 2.75) is 19.5 Å². The number of hydrogen-bond donors (Lipinski definition) is 1. The van der Waals surface area contributed by atoms with Crippen molar-refractivity contribution in [3.05, 3.63) is 65.7 Å². The molecule has 0 aliphatic carbocycles. The minimum atomic E-state index is -0.632. The van der Waals surface area contributed by atoms with E-state index in [0.717, 1.165) is 19.6 Å². The molecular formula is C22H23N3O2. The van der Waals surface area contributed by atoms with Gasteiger partial charge in [0.1, 0.15) is 0 Å². The van der Waals surface area contributed by atoms with E-state index in [0.29, 0.717) is 17.8 Å². The first-order valence-corrected chi connectivity index (χ1v) is 9.01. The lowest BCUT2D eigenvalue weighted by Crippen LogP contribution is -2.56. The van der Waals surface area contributed by atoms with Gasteiger partial charge in [-0.15, -0.1) is 6.42 Å². The van der Waals surface area contributed by atoms with E-state index in [1.807, 2.05) is 25.1 Å². The van der Waals surface area contributed by atoms with Crippen LogP contribution in [0.3, 0.4) is 0 Å². The lowest BCUT2D eigenvalue weighted by atomic mass is 10.1. The topological polar surface area (TPSA) is 52.7 Å². The van der Waals surface area contributed by atoms with E-state index in [2.05, 4.69) is 28.3 Å². The van der Waals surface area contributed by atoms with Crippen molar-refractivity contribution >= 4 is 17.5 Å². The van der Waals surface area contributed by atoms with Gasteiger partial charge in [-0.25, -0.2) is 0 Å². The van der Waals surface area contributed by atoms with Crippen molar-refractivity contribution in [1.29, 1.82) is 0 Å². The van der Waals surface area contributed by atoms with Gasteiger partial charge in [-0.1, -0.05) is 42.3 Å². The van der Waals surface area contributed by atoms with Crippen LogP contribution in [-0.4, -0.2) is 47.3 Å². The number of hydrogen-bond acceptors (Lipinski definition) is 3. The second-order valence-electron chi connectivity index (χ2n) is 6.75. The van der Waals surface area contributed by atoms with Gasteiger partial charge in [0.2, 0.25) is 0 Å². The number of terminal acetylenes is 1. The Morgan fingerprint density at radius 1 is 1.15 bits per heavy atom. The molecule has 138 valence electrons. The van der Waals surface area contributed by atoms with E-state index in [4.69, 9.17) is 6.42 Å². The molecule has 1 N–H and O–H groups in total. The van der Waals surface area contributed by atoms with Crippen LogP contribution in [0.1, 0.15) is 18.1 Å². The smallest absolute Gasteiger partial charge is 0.313 e. The molecule has 5 heteroatoms. The molecule has 1 heterocycles. The maximum Gasteiger partial charge on any atom is 0.313 e. The lowest BCUT2D eigenvalue weighted by Gasteiger charge is -2.39. The van der Waals surface area contributed by atoms with Gasteiger partial charge in [0.05, 0.1) is 0 Å². The number of anilines is 1. The van der Waals surface area contributed by atoms with Crippen molar-refractivity contribution in [2.24, 2.45) is 0 Å². The molecule has 5 nitrogen and oxygen atoms in total. The van der Waals surface area contributed by atoms with Crippen LogP contribution < -0.4 is 5.32 Å². The number of piperazine rings is 1. The Morgan fingerprint density at radius 3 is 2.63 bits per heavy atom. The molecule has 0 unspecified atom stereocenters. The highest BCUT2D eigenvalue weighted by molar-refractivity contribution is 6.39. The molecule has 1 atom stereocenters. The quantitative estimate of drug-likeness (QED) is 0.674. The molecule has 2 aromatic carbocycles. The summed E-state index contributed by atoms with van der Waals surface area (Å²) in [7, 11) is 0. The fourth-order valence-corrected chi connectivity index (χ4v) is 3.32. The predicted octanol–water partition coefficient (Wildman–Crippen LogP) is 2.34. The molecule has 3 rings (SSSR count). The molecule has 0 radical (unpaired) electrons. The van der Waals surface area contributed by atoms with Crippen molar-refractivity contribution in [3.8, 4) is 12.3 Å². The lowest BCUT2D eigenvalue weighted by molar-refractivity contribution is -0.146. The van der Waals surface area contributed by atoms with Gasteiger partial charge in [-0.05, 0) is 30.7 Å². The van der Waals surface area contributed by atoms with Crippen LogP contribution in [0.5, 0.6) is 0 Å². The summed E-state index contributed by atoms with van der Waals surface area (Å²) in [6.07, 6.45) is 5.37. The molecule has 0 saturated carbocycles. The zero-order valence-corrected chi connectivity index (χ0v) is 15.4. The highest BCUT2D eigenvalue weighted by atomic mass is 16.2. The minimum Gasteiger partial charge on any atom is -0.329 e. The largest absolute Gasteiger partial charge is 0.329 e. The Labute approximate surface area is 160 Å². The highest BCUT2D eigenvalue weighted by Gasteiger charge is 2.31. The van der Waals surface area contributed by atoms with Crippen LogP contribution in [0.2, 0.25) is 0 Å². The summed E-state index contributed by atoms with van der Waals surface area (Å²) in [5.41, 5.74) is 2.43. The van der Waals surface area contributed by atoms with Crippen LogP contribution >= 0.6 is 0 Å². The van der Waals surface area contributed by atoms with Crippen LogP contribution in [0.15, 0.2) is 54.6 Å². The van der Waals surface area contributed by atoms with E-state index in [1.54, 1.807) is 29.2 Å². The maximum atomic E-state index is 12.6. The summed E-state index contributed by atoms with van der Waals surface area (Å²) < 4.78 is 0. The molecule has 1 aliphatic rings. The zero-order valence-electron chi connectivity index (χ0n) is 15.4. The molecule has 1 saturated heterocycles. The molecular weight excluding hydrogens is 338 g/mol. The number of amides is 2. The van der Waals surface area contributed by atoms with E-state index >= 15 is 0 Å². The molecule has 2 aromatic rings. The Morgan fingerprint density at radius 2 is 1.93 bits per heavy atom. The van der Waals surface area contributed by atoms with Crippen LogP contribution in [0.25, 0.3) is 0 Å². The Bertz CT molecular complexity index is 857. The Balaban J connectivity index is 1.57. The second kappa shape index (κ2) is 8.52. The average Bonchev–Trinajstić information content (AvgIpc) is 2.68. The van der Waals surface area contributed by atoms with Crippen molar-refractivity contribution in [3.63, 3.8) is 0 Å². The predicted molar refractivity (Wildman–Crippen MR) is 106 cm³/mol. The standard InChI is InChI=1S/C22H23N3O2/c1-3-18-10-7-11-20(14-18)23-21(26)22(27)25-13-12-24(15-17(25)2)16-19-8-5-4-6-9-19/h1,4-11,14,17H,12-13,15-16H2,2H3,(H,23,26)/t17-/m0/s1. The first-order chi connectivity index (χ1) is 13.1. The molecule has 1 aliphatic heterocycles. The summed E-state index contributed by atoms with van der Waals surface area (Å²) in [6, 6.07) is 17.1. The number of carbonyl (C=O) groups is 2. The summed E-state index contributed by atoms with van der Waals surface area (Å²) in [6.45, 7) is 4.83. The van der Waals surface area contributed by atoms with E-state index < -0.39 is 11.8 Å². The fourth-order valence-electron chi connectivity index (χ4n) is 3.32. The second-order valence-corrected chi connectivity index (χ2v) is 6.75. The third-order valence-corrected chi connectivity index (χ3v) is 4.70. The number of carbonyl (C=O) groups excluding carboxylic acids is 2. The molecule has 0 bridgehead atoms. The molecule has 0 aromatic heterocycles. The Kier molecular flexibility index (Phi) is 5.90. The zero-order chi connectivity index (χ0) is 19.2. The van der Waals surface area contributed by atoms with Gasteiger partial charge < -0.3 is 10.2 Å². The SMILES string of the molecule is C#Cc1cccc(NC(=O)C(=O)N2CCN(Cc3ccccc3)C[C@@H]2C)c1. The highest BCUT2D eigenvalue weighted by Crippen LogP contribution is 2.15. The van der Waals surface area contributed by atoms with E-state index in [-0.39, 0.29) is 6.04 Å². The maximum absolute atomic E-state index is 12.6. The Hall–Kier alpha value is -3.10. The number of benzene rings is 2. The van der Waals surface area contributed by atoms with Crippen molar-refractivity contribution in [1.82, 2.24) is 9.80 Å². The molecule has 1 fully saturated rings. The molecule has 27 heavy (non-hydrogen) atoms. The van der Waals surface area contributed by atoms with Crippen LogP contribution in [0, 0.1) is 12.3 Å². The first-order valence-electron chi connectivity index (χ1n) is 9.01. The first kappa shape index (κ1) is 18.7. The normalized spacial score (nSPS) is 17.2. The van der Waals surface area contributed by atoms with Gasteiger partial charge >= 0.3 is 11.8 Å². The van der Waals surface area contributed by atoms with Crippen molar-refractivity contribution in [2.75, 3.05) is 25.0 Å².